The third-order valence-corrected chi connectivity index (χ3v) is 4.14. The molecule has 1 atom stereocenters. The topological polar surface area (TPSA) is 29.3 Å². The van der Waals surface area contributed by atoms with Crippen LogP contribution in [0.1, 0.15) is 18.4 Å². The Kier molecular flexibility index (Phi) is 6.85. The summed E-state index contributed by atoms with van der Waals surface area (Å²) >= 11 is 1.73. The van der Waals surface area contributed by atoms with E-state index in [0.717, 1.165) is 19.4 Å². The van der Waals surface area contributed by atoms with Crippen LogP contribution in [0.25, 0.3) is 0 Å². The SMILES string of the molecule is COC(=O)C1CCC(SC)=[N+]1Cc1ccccc1.[I-]. The number of thioether (sulfide) groups is 1. The number of halogens is 1. The van der Waals surface area contributed by atoms with E-state index in [1.165, 1.54) is 17.7 Å². The number of carbonyl (C=O) groups is 1. The van der Waals surface area contributed by atoms with Gasteiger partial charge < -0.3 is 28.7 Å². The fraction of sp³-hybridized carbons (Fsp3) is 0.429. The summed E-state index contributed by atoms with van der Waals surface area (Å²) in [7, 11) is 1.46. The van der Waals surface area contributed by atoms with Gasteiger partial charge >= 0.3 is 5.97 Å². The zero-order valence-electron chi connectivity index (χ0n) is 11.1. The molecule has 0 N–H and O–H groups in total. The van der Waals surface area contributed by atoms with Gasteiger partial charge in [0.15, 0.2) is 6.54 Å². The summed E-state index contributed by atoms with van der Waals surface area (Å²) in [4.78, 5) is 11.8. The average molecular weight is 391 g/mol. The third kappa shape index (κ3) is 3.95. The van der Waals surface area contributed by atoms with Crippen molar-refractivity contribution in [2.75, 3.05) is 13.4 Å². The molecule has 104 valence electrons. The Labute approximate surface area is 135 Å². The smallest absolute Gasteiger partial charge is 0.375 e. The van der Waals surface area contributed by atoms with Crippen LogP contribution in [0.3, 0.4) is 0 Å². The molecule has 0 fully saturated rings. The molecule has 1 heterocycles. The van der Waals surface area contributed by atoms with Crippen LogP contribution in [0.15, 0.2) is 30.3 Å². The van der Waals surface area contributed by atoms with Crippen LogP contribution in [0.4, 0.5) is 0 Å². The van der Waals surface area contributed by atoms with Crippen LogP contribution >= 0.6 is 11.8 Å². The van der Waals surface area contributed by atoms with E-state index in [1.54, 1.807) is 11.8 Å². The molecule has 2 rings (SSSR count). The lowest BCUT2D eigenvalue weighted by Crippen LogP contribution is -3.00. The van der Waals surface area contributed by atoms with Gasteiger partial charge in [-0.25, -0.2) is 9.37 Å². The van der Waals surface area contributed by atoms with Crippen LogP contribution in [-0.4, -0.2) is 35.0 Å². The van der Waals surface area contributed by atoms with E-state index in [1.807, 2.05) is 18.2 Å². The highest BCUT2D eigenvalue weighted by molar-refractivity contribution is 8.13. The summed E-state index contributed by atoms with van der Waals surface area (Å²) in [5.41, 5.74) is 1.22. The molecule has 0 radical (unpaired) electrons. The van der Waals surface area contributed by atoms with Gasteiger partial charge in [0.25, 0.3) is 6.04 Å². The minimum absolute atomic E-state index is 0. The summed E-state index contributed by atoms with van der Waals surface area (Å²) in [5, 5.41) is 1.27. The van der Waals surface area contributed by atoms with Crippen LogP contribution in [0.5, 0.6) is 0 Å². The van der Waals surface area contributed by atoms with E-state index in [9.17, 15) is 4.79 Å². The van der Waals surface area contributed by atoms with Crippen LogP contribution in [-0.2, 0) is 16.1 Å². The van der Waals surface area contributed by atoms with Gasteiger partial charge in [0.2, 0.25) is 5.04 Å². The molecule has 0 saturated heterocycles. The van der Waals surface area contributed by atoms with Gasteiger partial charge in [0.05, 0.1) is 7.11 Å². The van der Waals surface area contributed by atoms with Crippen molar-refractivity contribution in [1.29, 1.82) is 0 Å². The van der Waals surface area contributed by atoms with Crippen molar-refractivity contribution in [3.05, 3.63) is 35.9 Å². The number of rotatable bonds is 3. The Hall–Kier alpha value is -0.560. The first kappa shape index (κ1) is 16.5. The van der Waals surface area contributed by atoms with Crippen LogP contribution < -0.4 is 24.0 Å². The Morgan fingerprint density at radius 2 is 2.11 bits per heavy atom. The maximum atomic E-state index is 11.8. The third-order valence-electron chi connectivity index (χ3n) is 3.23. The summed E-state index contributed by atoms with van der Waals surface area (Å²) in [6.07, 6.45) is 3.89. The van der Waals surface area contributed by atoms with Crippen molar-refractivity contribution in [1.82, 2.24) is 0 Å². The van der Waals surface area contributed by atoms with Crippen LogP contribution in [0, 0.1) is 0 Å². The van der Waals surface area contributed by atoms with E-state index >= 15 is 0 Å². The van der Waals surface area contributed by atoms with Crippen molar-refractivity contribution >= 4 is 22.8 Å². The van der Waals surface area contributed by atoms with E-state index < -0.39 is 0 Å². The normalized spacial score (nSPS) is 18.1. The fourth-order valence-corrected chi connectivity index (χ4v) is 3.06. The maximum Gasteiger partial charge on any atom is 0.375 e. The largest absolute Gasteiger partial charge is 1.00 e. The van der Waals surface area contributed by atoms with Gasteiger partial charge in [0.1, 0.15) is 0 Å². The minimum atomic E-state index is -0.130. The lowest BCUT2D eigenvalue weighted by Gasteiger charge is -2.09. The van der Waals surface area contributed by atoms with Gasteiger partial charge in [0, 0.05) is 18.4 Å². The Morgan fingerprint density at radius 1 is 1.42 bits per heavy atom. The summed E-state index contributed by atoms with van der Waals surface area (Å²) in [6, 6.07) is 10.1. The quantitative estimate of drug-likeness (QED) is 0.388. The number of ether oxygens (including phenoxy) is 1. The Morgan fingerprint density at radius 3 is 2.68 bits per heavy atom. The monoisotopic (exact) mass is 391 g/mol. The number of methoxy groups -OCH3 is 1. The predicted octanol–water partition coefficient (Wildman–Crippen LogP) is -0.700. The molecule has 0 spiro atoms. The standard InChI is InChI=1S/C14H18NO2S.HI/c1-17-14(16)12-8-9-13(18-2)15(12)10-11-6-4-3-5-7-11;/h3-7,12H,8-10H2,1-2H3;1H/q+1;/p-1. The second-order valence-corrected chi connectivity index (χ2v) is 5.17. The molecule has 0 aliphatic carbocycles. The highest BCUT2D eigenvalue weighted by Crippen LogP contribution is 2.22. The zero-order chi connectivity index (χ0) is 13.0. The van der Waals surface area contributed by atoms with E-state index in [-0.39, 0.29) is 36.0 Å². The number of nitrogens with zero attached hydrogens (tertiary/aromatic N) is 1. The fourth-order valence-electron chi connectivity index (χ4n) is 2.31. The van der Waals surface area contributed by atoms with Gasteiger partial charge in [-0.2, -0.15) is 0 Å². The second kappa shape index (κ2) is 7.89. The lowest BCUT2D eigenvalue weighted by atomic mass is 10.2. The van der Waals surface area contributed by atoms with Crippen molar-refractivity contribution < 1.29 is 38.1 Å². The van der Waals surface area contributed by atoms with Crippen molar-refractivity contribution in [3.8, 4) is 0 Å². The maximum absolute atomic E-state index is 11.8. The molecule has 1 aromatic rings. The summed E-state index contributed by atoms with van der Waals surface area (Å²) < 4.78 is 7.06. The molecular weight excluding hydrogens is 373 g/mol. The first-order valence-corrected chi connectivity index (χ1v) is 7.27. The lowest BCUT2D eigenvalue weighted by molar-refractivity contribution is -0.560. The first-order valence-electron chi connectivity index (χ1n) is 6.04. The molecule has 1 aliphatic heterocycles. The molecule has 0 bridgehead atoms. The molecule has 19 heavy (non-hydrogen) atoms. The highest BCUT2D eigenvalue weighted by Gasteiger charge is 2.38. The number of esters is 1. The molecule has 3 nitrogen and oxygen atoms in total. The van der Waals surface area contributed by atoms with Crippen molar-refractivity contribution in [3.63, 3.8) is 0 Å². The number of carbonyl (C=O) groups excluding carboxylic acids is 1. The van der Waals surface area contributed by atoms with E-state index in [4.69, 9.17) is 4.74 Å². The average Bonchev–Trinajstić information content (AvgIpc) is 2.82. The van der Waals surface area contributed by atoms with Crippen LogP contribution in [0.2, 0.25) is 0 Å². The van der Waals surface area contributed by atoms with Crippen molar-refractivity contribution in [2.24, 2.45) is 0 Å². The highest BCUT2D eigenvalue weighted by atomic mass is 127. The Bertz CT molecular complexity index is 462. The van der Waals surface area contributed by atoms with Crippen molar-refractivity contribution in [2.45, 2.75) is 25.4 Å². The van der Waals surface area contributed by atoms with Gasteiger partial charge in [-0.1, -0.05) is 42.1 Å². The van der Waals surface area contributed by atoms with Gasteiger partial charge in [-0.3, -0.25) is 0 Å². The molecular formula is C14H18INO2S. The molecule has 1 aromatic carbocycles. The number of benzene rings is 1. The molecule has 5 heteroatoms. The summed E-state index contributed by atoms with van der Waals surface area (Å²) in [6.45, 7) is 0.775. The van der Waals surface area contributed by atoms with Gasteiger partial charge in [-0.15, -0.1) is 0 Å². The number of hydrogen-bond acceptors (Lipinski definition) is 3. The second-order valence-electron chi connectivity index (χ2n) is 4.29. The zero-order valence-corrected chi connectivity index (χ0v) is 14.1. The molecule has 0 saturated carbocycles. The van der Waals surface area contributed by atoms with Gasteiger partial charge in [-0.05, 0) is 6.26 Å². The molecule has 1 unspecified atom stereocenters. The molecule has 1 aliphatic rings. The molecule has 0 amide bonds. The van der Waals surface area contributed by atoms with E-state index in [2.05, 4.69) is 23.0 Å². The molecule has 0 aromatic heterocycles. The predicted molar refractivity (Wildman–Crippen MR) is 74.0 cm³/mol. The Balaban J connectivity index is 0.00000180. The summed E-state index contributed by atoms with van der Waals surface area (Å²) in [5.74, 6) is -0.130. The first-order chi connectivity index (χ1) is 8.76. The number of hydrogen-bond donors (Lipinski definition) is 0. The minimum Gasteiger partial charge on any atom is -1.00 e. The van der Waals surface area contributed by atoms with E-state index in [0.29, 0.717) is 0 Å².